The molecular formula is C12H13ClFNO3. The number of ether oxygens (including phenoxy) is 1. The lowest BCUT2D eigenvalue weighted by Gasteiger charge is -2.21. The van der Waals surface area contributed by atoms with Crippen molar-refractivity contribution in [2.45, 2.75) is 18.6 Å². The highest BCUT2D eigenvalue weighted by Crippen LogP contribution is 2.26. The number of likely N-dealkylation sites (tertiary alicyclic amines) is 1. The molecule has 4 nitrogen and oxygen atoms in total. The lowest BCUT2D eigenvalue weighted by atomic mass is 10.2. The van der Waals surface area contributed by atoms with Crippen molar-refractivity contribution in [1.29, 1.82) is 0 Å². The Kier molecular flexibility index (Phi) is 3.91. The number of carbonyl (C=O) groups is 1. The molecule has 1 N–H and O–H groups in total. The largest absolute Gasteiger partial charge is 0.490 e. The Morgan fingerprint density at radius 1 is 1.56 bits per heavy atom. The van der Waals surface area contributed by atoms with Gasteiger partial charge in [0, 0.05) is 6.42 Å². The Labute approximate surface area is 109 Å². The van der Waals surface area contributed by atoms with E-state index in [1.807, 2.05) is 0 Å². The summed E-state index contributed by atoms with van der Waals surface area (Å²) in [6.45, 7) is 0.0162. The van der Waals surface area contributed by atoms with E-state index >= 15 is 0 Å². The SMILES string of the molecule is O=C(O)N1C[C@@H](F)C[C@@H]1COc1ccccc1Cl. The molecular weight excluding hydrogens is 261 g/mol. The average molecular weight is 274 g/mol. The number of nitrogens with zero attached hydrogens (tertiary/aromatic N) is 1. The minimum absolute atomic E-state index is 0.0914. The number of rotatable bonds is 3. The minimum atomic E-state index is -1.12. The summed E-state index contributed by atoms with van der Waals surface area (Å²) in [6.07, 6.45) is -2.08. The van der Waals surface area contributed by atoms with Gasteiger partial charge in [-0.15, -0.1) is 0 Å². The van der Waals surface area contributed by atoms with Crippen molar-refractivity contribution in [2.24, 2.45) is 0 Å². The molecule has 0 radical (unpaired) electrons. The topological polar surface area (TPSA) is 49.8 Å². The van der Waals surface area contributed by atoms with E-state index in [0.717, 1.165) is 4.90 Å². The van der Waals surface area contributed by atoms with Gasteiger partial charge in [0.2, 0.25) is 0 Å². The molecule has 1 amide bonds. The van der Waals surface area contributed by atoms with E-state index in [9.17, 15) is 9.18 Å². The van der Waals surface area contributed by atoms with Crippen LogP contribution in [0.5, 0.6) is 5.75 Å². The van der Waals surface area contributed by atoms with Gasteiger partial charge in [-0.05, 0) is 12.1 Å². The maximum absolute atomic E-state index is 13.2. The molecule has 6 heteroatoms. The molecule has 2 atom stereocenters. The van der Waals surface area contributed by atoms with Crippen LogP contribution in [0.1, 0.15) is 6.42 Å². The van der Waals surface area contributed by atoms with Gasteiger partial charge >= 0.3 is 6.09 Å². The Balaban J connectivity index is 1.97. The molecule has 0 saturated carbocycles. The van der Waals surface area contributed by atoms with Crippen molar-refractivity contribution < 1.29 is 19.0 Å². The molecule has 1 fully saturated rings. The van der Waals surface area contributed by atoms with Crippen molar-refractivity contribution >= 4 is 17.7 Å². The van der Waals surface area contributed by atoms with E-state index in [1.54, 1.807) is 24.3 Å². The molecule has 1 aromatic rings. The Bertz CT molecular complexity index is 443. The van der Waals surface area contributed by atoms with Crippen LogP contribution in [0.4, 0.5) is 9.18 Å². The molecule has 98 valence electrons. The van der Waals surface area contributed by atoms with Crippen LogP contribution < -0.4 is 4.74 Å². The second kappa shape index (κ2) is 5.44. The number of halogens is 2. The minimum Gasteiger partial charge on any atom is -0.490 e. The van der Waals surface area contributed by atoms with Crippen LogP contribution in [0.2, 0.25) is 5.02 Å². The van der Waals surface area contributed by atoms with Crippen LogP contribution in [0.15, 0.2) is 24.3 Å². The number of para-hydroxylation sites is 1. The molecule has 0 aromatic heterocycles. The summed E-state index contributed by atoms with van der Waals surface area (Å²) in [7, 11) is 0. The fourth-order valence-electron chi connectivity index (χ4n) is 2.00. The van der Waals surface area contributed by atoms with Crippen molar-refractivity contribution in [3.63, 3.8) is 0 Å². The predicted octanol–water partition coefficient (Wildman–Crippen LogP) is 2.81. The molecule has 0 spiro atoms. The third kappa shape index (κ3) is 2.85. The summed E-state index contributed by atoms with van der Waals surface area (Å²) in [5.41, 5.74) is 0. The van der Waals surface area contributed by atoms with Crippen molar-refractivity contribution in [1.82, 2.24) is 4.90 Å². The highest BCUT2D eigenvalue weighted by Gasteiger charge is 2.35. The molecule has 1 aliphatic heterocycles. The van der Waals surface area contributed by atoms with Crippen molar-refractivity contribution in [3.05, 3.63) is 29.3 Å². The van der Waals surface area contributed by atoms with E-state index in [1.165, 1.54) is 0 Å². The Morgan fingerprint density at radius 3 is 2.94 bits per heavy atom. The fourth-order valence-corrected chi connectivity index (χ4v) is 2.19. The normalized spacial score (nSPS) is 23.1. The smallest absolute Gasteiger partial charge is 0.407 e. The van der Waals surface area contributed by atoms with Crippen LogP contribution in [0, 0.1) is 0 Å². The van der Waals surface area contributed by atoms with E-state index in [-0.39, 0.29) is 19.6 Å². The third-order valence-corrected chi connectivity index (χ3v) is 3.19. The molecule has 1 aromatic carbocycles. The molecule has 0 unspecified atom stereocenters. The van der Waals surface area contributed by atoms with Gasteiger partial charge in [0.05, 0.1) is 17.6 Å². The van der Waals surface area contributed by atoms with Crippen molar-refractivity contribution in [3.8, 4) is 5.75 Å². The summed E-state index contributed by atoms with van der Waals surface area (Å²) >= 11 is 5.91. The highest BCUT2D eigenvalue weighted by molar-refractivity contribution is 6.32. The standard InChI is InChI=1S/C12H13ClFNO3/c13-10-3-1-2-4-11(10)18-7-9-5-8(14)6-15(9)12(16)17/h1-4,8-9H,5-7H2,(H,16,17)/t8-,9+/m0/s1. The quantitative estimate of drug-likeness (QED) is 0.921. The van der Waals surface area contributed by atoms with Crippen molar-refractivity contribution in [2.75, 3.05) is 13.2 Å². The van der Waals surface area contributed by atoms with Gasteiger partial charge in [-0.25, -0.2) is 9.18 Å². The first-order chi connectivity index (χ1) is 8.58. The molecule has 1 heterocycles. The number of hydrogen-bond donors (Lipinski definition) is 1. The summed E-state index contributed by atoms with van der Waals surface area (Å²) in [4.78, 5) is 12.0. The monoisotopic (exact) mass is 273 g/mol. The highest BCUT2D eigenvalue weighted by atomic mass is 35.5. The Morgan fingerprint density at radius 2 is 2.28 bits per heavy atom. The second-order valence-corrected chi connectivity index (χ2v) is 4.57. The molecule has 0 aliphatic carbocycles. The number of carboxylic acid groups (broad SMARTS) is 1. The maximum atomic E-state index is 13.2. The van der Waals surface area contributed by atoms with Gasteiger partial charge in [0.25, 0.3) is 0 Å². The van der Waals surface area contributed by atoms with Gasteiger partial charge in [-0.2, -0.15) is 0 Å². The van der Waals surface area contributed by atoms with E-state index < -0.39 is 18.3 Å². The molecule has 18 heavy (non-hydrogen) atoms. The predicted molar refractivity (Wildman–Crippen MR) is 65.0 cm³/mol. The lowest BCUT2D eigenvalue weighted by molar-refractivity contribution is 0.122. The lowest BCUT2D eigenvalue weighted by Crippen LogP contribution is -2.38. The van der Waals surface area contributed by atoms with E-state index in [2.05, 4.69) is 0 Å². The zero-order chi connectivity index (χ0) is 13.1. The third-order valence-electron chi connectivity index (χ3n) is 2.88. The van der Waals surface area contributed by atoms with Gasteiger partial charge in [0.15, 0.2) is 0 Å². The first-order valence-corrected chi connectivity index (χ1v) is 5.96. The number of hydrogen-bond acceptors (Lipinski definition) is 2. The van der Waals surface area contributed by atoms with Gasteiger partial charge < -0.3 is 9.84 Å². The van der Waals surface area contributed by atoms with Crippen LogP contribution >= 0.6 is 11.6 Å². The number of alkyl halides is 1. The summed E-state index contributed by atoms with van der Waals surface area (Å²) in [5, 5.41) is 9.38. The van der Waals surface area contributed by atoms with Gasteiger partial charge in [0.1, 0.15) is 18.5 Å². The van der Waals surface area contributed by atoms with Crippen LogP contribution in [0.25, 0.3) is 0 Å². The zero-order valence-electron chi connectivity index (χ0n) is 9.55. The number of amides is 1. The molecule has 0 bridgehead atoms. The van der Waals surface area contributed by atoms with Crippen LogP contribution in [-0.2, 0) is 0 Å². The molecule has 1 aliphatic rings. The first-order valence-electron chi connectivity index (χ1n) is 5.59. The summed E-state index contributed by atoms with van der Waals surface area (Å²) in [5.74, 6) is 0.479. The van der Waals surface area contributed by atoms with Gasteiger partial charge in [-0.1, -0.05) is 23.7 Å². The summed E-state index contributed by atoms with van der Waals surface area (Å²) in [6, 6.07) is 6.44. The molecule has 2 rings (SSSR count). The van der Waals surface area contributed by atoms with E-state index in [4.69, 9.17) is 21.4 Å². The maximum Gasteiger partial charge on any atom is 0.407 e. The van der Waals surface area contributed by atoms with Gasteiger partial charge in [-0.3, -0.25) is 4.90 Å². The zero-order valence-corrected chi connectivity index (χ0v) is 10.3. The number of benzene rings is 1. The fraction of sp³-hybridized carbons (Fsp3) is 0.417. The molecule has 1 saturated heterocycles. The van der Waals surface area contributed by atoms with Crippen LogP contribution in [-0.4, -0.2) is 41.5 Å². The van der Waals surface area contributed by atoms with E-state index in [0.29, 0.717) is 10.8 Å². The Hall–Kier alpha value is -1.49. The summed E-state index contributed by atoms with van der Waals surface area (Å²) < 4.78 is 18.6. The average Bonchev–Trinajstić information content (AvgIpc) is 2.70. The first kappa shape index (κ1) is 13.0. The second-order valence-electron chi connectivity index (χ2n) is 4.16. The van der Waals surface area contributed by atoms with Crippen LogP contribution in [0.3, 0.4) is 0 Å².